The number of hydrogen-bond donors (Lipinski definition) is 1. The number of nitrogens with two attached hydrogens (primary N) is 1. The molecule has 0 unspecified atom stereocenters. The first-order chi connectivity index (χ1) is 25.0. The van der Waals surface area contributed by atoms with Crippen LogP contribution in [-0.2, 0) is 40.8 Å². The third-order valence-electron chi connectivity index (χ3n) is 7.40. The molecule has 0 saturated heterocycles. The van der Waals surface area contributed by atoms with Crippen molar-refractivity contribution in [3.05, 3.63) is 90.3 Å². The SMILES string of the molecule is COc1nc(N)nc2c1ncn2[C@H]1C=C[C@@H](COP(=O)(OCCSSCCOCc2ccccc2)OCCSSCCOCc2ccccc2)C1. The van der Waals surface area contributed by atoms with Gasteiger partial charge in [-0.1, -0.05) is 116 Å². The summed E-state index contributed by atoms with van der Waals surface area (Å²) in [5, 5.41) is 0. The Labute approximate surface area is 315 Å². The Balaban J connectivity index is 1.03. The summed E-state index contributed by atoms with van der Waals surface area (Å²) >= 11 is 0. The highest BCUT2D eigenvalue weighted by Gasteiger charge is 2.30. The predicted octanol–water partition coefficient (Wildman–Crippen LogP) is 7.89. The fourth-order valence-electron chi connectivity index (χ4n) is 4.99. The molecule has 0 amide bonds. The molecule has 2 N–H and O–H groups in total. The minimum atomic E-state index is -3.81. The summed E-state index contributed by atoms with van der Waals surface area (Å²) in [6, 6.07) is 20.2. The van der Waals surface area contributed by atoms with E-state index in [0.29, 0.717) is 61.4 Å². The number of phosphoric acid groups is 1. The largest absolute Gasteiger partial charge is 0.479 e. The molecule has 12 nitrogen and oxygen atoms in total. The molecular formula is C34H44N5O7PS4. The predicted molar refractivity (Wildman–Crippen MR) is 210 cm³/mol. The van der Waals surface area contributed by atoms with E-state index in [1.54, 1.807) is 49.5 Å². The summed E-state index contributed by atoms with van der Waals surface area (Å²) < 4.78 is 50.0. The summed E-state index contributed by atoms with van der Waals surface area (Å²) in [6.45, 7) is 3.12. The van der Waals surface area contributed by atoms with Gasteiger partial charge in [-0.15, -0.1) is 0 Å². The zero-order valence-corrected chi connectivity index (χ0v) is 32.6. The Morgan fingerprint density at radius 2 is 1.35 bits per heavy atom. The molecule has 0 aliphatic heterocycles. The highest BCUT2D eigenvalue weighted by Crippen LogP contribution is 2.51. The lowest BCUT2D eigenvalue weighted by atomic mass is 10.1. The van der Waals surface area contributed by atoms with E-state index in [9.17, 15) is 4.57 Å². The maximum atomic E-state index is 13.8. The van der Waals surface area contributed by atoms with Crippen molar-refractivity contribution in [3.8, 4) is 5.88 Å². The van der Waals surface area contributed by atoms with Crippen molar-refractivity contribution in [2.45, 2.75) is 25.7 Å². The fraction of sp³-hybridized carbons (Fsp3) is 0.441. The standard InChI is InChI=1S/C34H44N5O7PS4/c1-41-33-31-32(37-34(35)38-33)39(26-36-31)30-13-12-29(22-30)25-46-47(40,44-16-20-50-48-18-14-42-23-27-8-4-2-5-9-27)45-17-21-51-49-19-15-43-24-28-10-6-3-7-11-28/h2-13,26,29-30H,14-25H2,1H3,(H2,35,37,38)/t29-,30+/m1/s1. The lowest BCUT2D eigenvalue weighted by Crippen LogP contribution is -2.12. The van der Waals surface area contributed by atoms with Gasteiger partial charge in [0.05, 0.1) is 65.7 Å². The second-order valence-electron chi connectivity index (χ2n) is 11.1. The number of ether oxygens (including phenoxy) is 3. The van der Waals surface area contributed by atoms with Crippen LogP contribution < -0.4 is 10.5 Å². The van der Waals surface area contributed by atoms with Crippen LogP contribution in [0.2, 0.25) is 0 Å². The Morgan fingerprint density at radius 3 is 1.92 bits per heavy atom. The van der Waals surface area contributed by atoms with Crippen molar-refractivity contribution in [2.75, 3.05) is 68.9 Å². The molecule has 5 rings (SSSR count). The van der Waals surface area contributed by atoms with E-state index in [4.69, 9.17) is 33.5 Å². The molecule has 2 aromatic heterocycles. The molecule has 2 heterocycles. The Kier molecular flexibility index (Phi) is 17.3. The summed E-state index contributed by atoms with van der Waals surface area (Å²) in [7, 11) is 4.37. The monoisotopic (exact) mass is 793 g/mol. The van der Waals surface area contributed by atoms with Gasteiger partial charge in [0, 0.05) is 28.9 Å². The van der Waals surface area contributed by atoms with Gasteiger partial charge in [0.15, 0.2) is 11.2 Å². The highest BCUT2D eigenvalue weighted by molar-refractivity contribution is 8.77. The van der Waals surface area contributed by atoms with E-state index in [-0.39, 0.29) is 37.7 Å². The van der Waals surface area contributed by atoms with Gasteiger partial charge in [-0.3, -0.25) is 13.6 Å². The van der Waals surface area contributed by atoms with Crippen LogP contribution in [0.1, 0.15) is 23.6 Å². The van der Waals surface area contributed by atoms with E-state index in [2.05, 4.69) is 45.3 Å². The van der Waals surface area contributed by atoms with E-state index in [0.717, 1.165) is 22.6 Å². The fourth-order valence-corrected chi connectivity index (χ4v) is 9.84. The van der Waals surface area contributed by atoms with Gasteiger partial charge in [-0.05, 0) is 17.5 Å². The zero-order chi connectivity index (χ0) is 35.6. The minimum absolute atomic E-state index is 0.0179. The van der Waals surface area contributed by atoms with Gasteiger partial charge in [0.25, 0.3) is 0 Å². The average Bonchev–Trinajstić information content (AvgIpc) is 3.80. The summed E-state index contributed by atoms with van der Waals surface area (Å²) in [6.07, 6.45) is 6.49. The number of benzene rings is 2. The molecule has 51 heavy (non-hydrogen) atoms. The van der Waals surface area contributed by atoms with Crippen LogP contribution in [0.25, 0.3) is 11.2 Å². The maximum absolute atomic E-state index is 13.8. The number of aromatic nitrogens is 4. The molecule has 17 heteroatoms. The van der Waals surface area contributed by atoms with Crippen LogP contribution in [0.15, 0.2) is 79.1 Å². The van der Waals surface area contributed by atoms with Gasteiger partial charge in [0.1, 0.15) is 0 Å². The molecule has 2 atom stereocenters. The van der Waals surface area contributed by atoms with Gasteiger partial charge in [0.2, 0.25) is 11.8 Å². The van der Waals surface area contributed by atoms with Crippen molar-refractivity contribution >= 4 is 68.1 Å². The van der Waals surface area contributed by atoms with Crippen LogP contribution >= 0.6 is 51.0 Å². The maximum Gasteiger partial charge on any atom is 0.474 e. The number of allylic oxidation sites excluding steroid dienone is 1. The van der Waals surface area contributed by atoms with Crippen LogP contribution in [0.4, 0.5) is 5.95 Å². The number of rotatable bonds is 25. The van der Waals surface area contributed by atoms with Crippen LogP contribution in [0, 0.1) is 5.92 Å². The lowest BCUT2D eigenvalue weighted by molar-refractivity contribution is 0.113. The Bertz CT molecular complexity index is 1610. The summed E-state index contributed by atoms with van der Waals surface area (Å²) in [5.41, 5.74) is 9.34. The normalized spacial score (nSPS) is 15.9. The summed E-state index contributed by atoms with van der Waals surface area (Å²) in [4.78, 5) is 12.9. The van der Waals surface area contributed by atoms with Crippen molar-refractivity contribution in [1.82, 2.24) is 19.5 Å². The van der Waals surface area contributed by atoms with Crippen molar-refractivity contribution in [1.29, 1.82) is 0 Å². The number of nitrogens with zero attached hydrogens (tertiary/aromatic N) is 4. The Morgan fingerprint density at radius 1 is 0.784 bits per heavy atom. The highest BCUT2D eigenvalue weighted by atomic mass is 33.1. The Hall–Kier alpha value is -2.24. The molecule has 1 aliphatic rings. The molecule has 2 aromatic carbocycles. The van der Waals surface area contributed by atoms with Gasteiger partial charge < -0.3 is 24.5 Å². The number of hydrogen-bond acceptors (Lipinski definition) is 15. The number of nitrogen functional groups attached to an aromatic ring is 1. The first-order valence-corrected chi connectivity index (χ1v) is 22.9. The lowest BCUT2D eigenvalue weighted by Gasteiger charge is -2.20. The first kappa shape index (κ1) is 40.0. The molecular weight excluding hydrogens is 750 g/mol. The van der Waals surface area contributed by atoms with Gasteiger partial charge >= 0.3 is 7.82 Å². The van der Waals surface area contributed by atoms with Crippen molar-refractivity contribution in [2.24, 2.45) is 5.92 Å². The number of methoxy groups -OCH3 is 1. The second-order valence-corrected chi connectivity index (χ2v) is 18.2. The molecule has 0 spiro atoms. The second kappa shape index (κ2) is 22.1. The van der Waals surface area contributed by atoms with Gasteiger partial charge in [-0.25, -0.2) is 9.55 Å². The molecule has 276 valence electrons. The van der Waals surface area contributed by atoms with Crippen molar-refractivity contribution in [3.63, 3.8) is 0 Å². The third-order valence-corrected chi connectivity index (χ3v) is 13.5. The topological polar surface area (TPSA) is 142 Å². The molecule has 0 fully saturated rings. The zero-order valence-electron chi connectivity index (χ0n) is 28.4. The third kappa shape index (κ3) is 13.6. The number of anilines is 1. The van der Waals surface area contributed by atoms with Crippen LogP contribution in [0.5, 0.6) is 5.88 Å². The minimum Gasteiger partial charge on any atom is -0.479 e. The number of imidazole rings is 1. The molecule has 0 saturated carbocycles. The smallest absolute Gasteiger partial charge is 0.474 e. The number of fused-ring (bicyclic) bond motifs is 1. The van der Waals surface area contributed by atoms with E-state index < -0.39 is 7.82 Å². The van der Waals surface area contributed by atoms with Gasteiger partial charge in [-0.2, -0.15) is 9.97 Å². The van der Waals surface area contributed by atoms with Crippen LogP contribution in [0.3, 0.4) is 0 Å². The molecule has 4 aromatic rings. The quantitative estimate of drug-likeness (QED) is 0.0301. The average molecular weight is 794 g/mol. The summed E-state index contributed by atoms with van der Waals surface area (Å²) in [5.74, 6) is 3.34. The van der Waals surface area contributed by atoms with Crippen LogP contribution in [-0.4, -0.2) is 82.7 Å². The van der Waals surface area contributed by atoms with Crippen molar-refractivity contribution < 1.29 is 32.3 Å². The van der Waals surface area contributed by atoms with E-state index in [1.165, 1.54) is 7.11 Å². The molecule has 0 bridgehead atoms. The van der Waals surface area contributed by atoms with E-state index >= 15 is 0 Å². The van der Waals surface area contributed by atoms with E-state index in [1.807, 2.05) is 47.0 Å². The molecule has 0 radical (unpaired) electrons. The first-order valence-electron chi connectivity index (χ1n) is 16.5. The number of phosphoric ester groups is 1. The molecule has 1 aliphatic carbocycles.